The van der Waals surface area contributed by atoms with Crippen molar-refractivity contribution in [2.24, 2.45) is 5.92 Å². The number of benzene rings is 1. The zero-order chi connectivity index (χ0) is 17.7. The molecule has 0 radical (unpaired) electrons. The Bertz CT molecular complexity index is 570. The summed E-state index contributed by atoms with van der Waals surface area (Å²) in [5.74, 6) is 0.459. The van der Waals surface area contributed by atoms with Crippen LogP contribution in [0.4, 0.5) is 5.69 Å². The van der Waals surface area contributed by atoms with Crippen LogP contribution in [0.2, 0.25) is 0 Å². The lowest BCUT2D eigenvalue weighted by molar-refractivity contribution is -0.138. The highest BCUT2D eigenvalue weighted by Gasteiger charge is 2.28. The summed E-state index contributed by atoms with van der Waals surface area (Å²) >= 11 is 0. The van der Waals surface area contributed by atoms with E-state index in [1.165, 1.54) is 11.3 Å². The molecule has 1 heterocycles. The number of piperidine rings is 1. The number of hydrogen-bond donors (Lipinski definition) is 1. The minimum atomic E-state index is -0.176. The molecule has 1 fully saturated rings. The lowest BCUT2D eigenvalue weighted by Crippen LogP contribution is -2.50. The predicted molar refractivity (Wildman–Crippen MR) is 96.9 cm³/mol. The molecule has 0 aromatic heterocycles. The second-order valence-electron chi connectivity index (χ2n) is 7.03. The van der Waals surface area contributed by atoms with Crippen LogP contribution in [0, 0.1) is 12.8 Å². The van der Waals surface area contributed by atoms with Crippen molar-refractivity contribution in [1.29, 1.82) is 0 Å². The summed E-state index contributed by atoms with van der Waals surface area (Å²) in [5, 5.41) is 2.83. The third kappa shape index (κ3) is 5.06. The van der Waals surface area contributed by atoms with Gasteiger partial charge in [0.05, 0.1) is 12.6 Å². The van der Waals surface area contributed by atoms with Crippen LogP contribution in [-0.4, -0.2) is 54.3 Å². The summed E-state index contributed by atoms with van der Waals surface area (Å²) < 4.78 is 0. The maximum absolute atomic E-state index is 12.6. The van der Waals surface area contributed by atoms with E-state index in [0.29, 0.717) is 5.92 Å². The first-order valence-corrected chi connectivity index (χ1v) is 8.72. The molecule has 2 amide bonds. The number of rotatable bonds is 5. The summed E-state index contributed by atoms with van der Waals surface area (Å²) in [6.45, 7) is 8.15. The highest BCUT2D eigenvalue weighted by Crippen LogP contribution is 2.18. The van der Waals surface area contributed by atoms with Gasteiger partial charge in [0.1, 0.15) is 0 Å². The van der Waals surface area contributed by atoms with Gasteiger partial charge in [-0.2, -0.15) is 0 Å². The molecule has 0 spiro atoms. The van der Waals surface area contributed by atoms with E-state index in [4.69, 9.17) is 0 Å². The van der Waals surface area contributed by atoms with E-state index >= 15 is 0 Å². The molecule has 1 aliphatic rings. The molecule has 1 aromatic carbocycles. The van der Waals surface area contributed by atoms with Gasteiger partial charge in [0.2, 0.25) is 11.8 Å². The van der Waals surface area contributed by atoms with Crippen molar-refractivity contribution in [3.05, 3.63) is 29.8 Å². The molecule has 2 rings (SSSR count). The molecule has 5 heteroatoms. The lowest BCUT2D eigenvalue weighted by Gasteiger charge is -2.36. The largest absolute Gasteiger partial charge is 0.335 e. The van der Waals surface area contributed by atoms with Crippen molar-refractivity contribution in [3.8, 4) is 0 Å². The zero-order valence-electron chi connectivity index (χ0n) is 15.2. The number of anilines is 1. The average molecular weight is 331 g/mol. The van der Waals surface area contributed by atoms with Crippen LogP contribution in [0.25, 0.3) is 0 Å². The van der Waals surface area contributed by atoms with Crippen LogP contribution >= 0.6 is 0 Å². The molecule has 24 heavy (non-hydrogen) atoms. The fourth-order valence-corrected chi connectivity index (χ4v) is 3.18. The van der Waals surface area contributed by atoms with Crippen molar-refractivity contribution in [2.75, 3.05) is 32.0 Å². The van der Waals surface area contributed by atoms with Gasteiger partial charge in [0.15, 0.2) is 0 Å². The van der Waals surface area contributed by atoms with Gasteiger partial charge in [-0.05, 0) is 51.3 Å². The number of carbonyl (C=O) groups is 2. The number of likely N-dealkylation sites (N-methyl/N-ethyl adjacent to an activating group) is 1. The molecule has 132 valence electrons. The SMILES string of the molecule is Cc1ccc(NC(=O)CN(C)C(=O)[C@@H](C)N2CCC[C@@H](C)C2)cc1. The summed E-state index contributed by atoms with van der Waals surface area (Å²) in [6, 6.07) is 7.46. The molecule has 5 nitrogen and oxygen atoms in total. The van der Waals surface area contributed by atoms with Crippen molar-refractivity contribution in [1.82, 2.24) is 9.80 Å². The molecular weight excluding hydrogens is 302 g/mol. The van der Waals surface area contributed by atoms with E-state index in [2.05, 4.69) is 17.1 Å². The number of likely N-dealkylation sites (tertiary alicyclic amines) is 1. The molecule has 0 unspecified atom stereocenters. The predicted octanol–water partition coefficient (Wildman–Crippen LogP) is 2.51. The number of hydrogen-bond acceptors (Lipinski definition) is 3. The standard InChI is InChI=1S/C19H29N3O2/c1-14-7-9-17(10-8-14)20-18(23)13-21(4)19(24)16(3)22-11-5-6-15(2)12-22/h7-10,15-16H,5-6,11-13H2,1-4H3,(H,20,23)/t15-,16-/m1/s1. The van der Waals surface area contributed by atoms with Gasteiger partial charge in [-0.3, -0.25) is 14.5 Å². The van der Waals surface area contributed by atoms with Crippen LogP contribution < -0.4 is 5.32 Å². The first kappa shape index (κ1) is 18.5. The molecule has 2 atom stereocenters. The van der Waals surface area contributed by atoms with E-state index < -0.39 is 0 Å². The summed E-state index contributed by atoms with van der Waals surface area (Å²) in [6.07, 6.45) is 2.36. The Morgan fingerprint density at radius 1 is 1.33 bits per heavy atom. The summed E-state index contributed by atoms with van der Waals surface area (Å²) in [4.78, 5) is 28.5. The second kappa shape index (κ2) is 8.29. The average Bonchev–Trinajstić information content (AvgIpc) is 2.55. The second-order valence-corrected chi connectivity index (χ2v) is 7.03. The highest BCUT2D eigenvalue weighted by atomic mass is 16.2. The first-order valence-electron chi connectivity index (χ1n) is 8.72. The monoisotopic (exact) mass is 331 g/mol. The van der Waals surface area contributed by atoms with Gasteiger partial charge in [-0.15, -0.1) is 0 Å². The molecule has 1 aliphatic heterocycles. The van der Waals surface area contributed by atoms with E-state index in [1.807, 2.05) is 38.1 Å². The maximum Gasteiger partial charge on any atom is 0.243 e. The topological polar surface area (TPSA) is 52.7 Å². The van der Waals surface area contributed by atoms with Gasteiger partial charge in [0.25, 0.3) is 0 Å². The number of nitrogens with one attached hydrogen (secondary N) is 1. The lowest BCUT2D eigenvalue weighted by atomic mass is 9.99. The molecule has 1 aromatic rings. The maximum atomic E-state index is 12.6. The van der Waals surface area contributed by atoms with E-state index in [-0.39, 0.29) is 24.4 Å². The fourth-order valence-electron chi connectivity index (χ4n) is 3.18. The van der Waals surface area contributed by atoms with Crippen LogP contribution in [0.3, 0.4) is 0 Å². The zero-order valence-corrected chi connectivity index (χ0v) is 15.2. The number of amides is 2. The van der Waals surface area contributed by atoms with Crippen LogP contribution in [0.5, 0.6) is 0 Å². The Balaban J connectivity index is 1.85. The third-order valence-electron chi connectivity index (χ3n) is 4.69. The Hall–Kier alpha value is -1.88. The Kier molecular flexibility index (Phi) is 6.37. The van der Waals surface area contributed by atoms with E-state index in [1.54, 1.807) is 7.05 Å². The minimum Gasteiger partial charge on any atom is -0.335 e. The number of nitrogens with zero attached hydrogens (tertiary/aromatic N) is 2. The molecule has 0 saturated carbocycles. The van der Waals surface area contributed by atoms with Gasteiger partial charge in [-0.1, -0.05) is 24.6 Å². The van der Waals surface area contributed by atoms with Crippen molar-refractivity contribution in [2.45, 2.75) is 39.7 Å². The van der Waals surface area contributed by atoms with Crippen LogP contribution in [0.15, 0.2) is 24.3 Å². The summed E-state index contributed by atoms with van der Waals surface area (Å²) in [7, 11) is 1.70. The quantitative estimate of drug-likeness (QED) is 0.902. The summed E-state index contributed by atoms with van der Waals surface area (Å²) in [5.41, 5.74) is 1.90. The molecular formula is C19H29N3O2. The Morgan fingerprint density at radius 2 is 2.00 bits per heavy atom. The van der Waals surface area contributed by atoms with E-state index in [9.17, 15) is 9.59 Å². The highest BCUT2D eigenvalue weighted by molar-refractivity contribution is 5.95. The first-order chi connectivity index (χ1) is 11.4. The van der Waals surface area contributed by atoms with Crippen molar-refractivity contribution in [3.63, 3.8) is 0 Å². The van der Waals surface area contributed by atoms with E-state index in [0.717, 1.165) is 30.8 Å². The van der Waals surface area contributed by atoms with Gasteiger partial charge >= 0.3 is 0 Å². The Morgan fingerprint density at radius 3 is 2.62 bits per heavy atom. The van der Waals surface area contributed by atoms with Crippen LogP contribution in [-0.2, 0) is 9.59 Å². The van der Waals surface area contributed by atoms with Crippen LogP contribution in [0.1, 0.15) is 32.3 Å². The van der Waals surface area contributed by atoms with Gasteiger partial charge in [-0.25, -0.2) is 0 Å². The van der Waals surface area contributed by atoms with Gasteiger partial charge < -0.3 is 10.2 Å². The molecule has 0 bridgehead atoms. The minimum absolute atomic E-state index is 0.00292. The smallest absolute Gasteiger partial charge is 0.243 e. The number of carbonyl (C=O) groups excluding carboxylic acids is 2. The molecule has 1 N–H and O–H groups in total. The van der Waals surface area contributed by atoms with Gasteiger partial charge in [0, 0.05) is 19.3 Å². The number of aryl methyl sites for hydroxylation is 1. The molecule has 1 saturated heterocycles. The molecule has 0 aliphatic carbocycles. The fraction of sp³-hybridized carbons (Fsp3) is 0.579. The van der Waals surface area contributed by atoms with Crippen molar-refractivity contribution >= 4 is 17.5 Å². The third-order valence-corrected chi connectivity index (χ3v) is 4.69. The Labute approximate surface area is 145 Å². The van der Waals surface area contributed by atoms with Crippen molar-refractivity contribution < 1.29 is 9.59 Å². The normalized spacial score (nSPS) is 19.6.